The fourth-order valence-corrected chi connectivity index (χ4v) is 7.16. The number of aromatic nitrogens is 2. The lowest BCUT2D eigenvalue weighted by Crippen LogP contribution is -2.56. The Kier molecular flexibility index (Phi) is 13.6. The van der Waals surface area contributed by atoms with Gasteiger partial charge in [-0.3, -0.25) is 14.5 Å². The van der Waals surface area contributed by atoms with Gasteiger partial charge in [0.2, 0.25) is 5.91 Å². The molecule has 1 aliphatic heterocycles. The van der Waals surface area contributed by atoms with Crippen LogP contribution >= 0.6 is 11.8 Å². The molecule has 4 rings (SSSR count). The van der Waals surface area contributed by atoms with Gasteiger partial charge in [0.1, 0.15) is 6.04 Å². The van der Waals surface area contributed by atoms with Crippen molar-refractivity contribution in [1.82, 2.24) is 25.1 Å². The number of carbonyl (C=O) groups is 3. The van der Waals surface area contributed by atoms with Crippen LogP contribution in [0.3, 0.4) is 0 Å². The summed E-state index contributed by atoms with van der Waals surface area (Å²) in [6.45, 7) is 4.82. The van der Waals surface area contributed by atoms with Gasteiger partial charge in [-0.05, 0) is 36.7 Å². The normalized spacial score (nSPS) is 18.3. The topological polar surface area (TPSA) is 128 Å². The number of aliphatic hydroxyl groups is 1. The number of amides is 3. The third-order valence-corrected chi connectivity index (χ3v) is 9.98. The first-order valence-corrected chi connectivity index (χ1v) is 17.7. The van der Waals surface area contributed by atoms with Gasteiger partial charge in [0.25, 0.3) is 5.91 Å². The van der Waals surface area contributed by atoms with E-state index in [9.17, 15) is 19.5 Å². The number of rotatable bonds is 15. The van der Waals surface area contributed by atoms with Gasteiger partial charge >= 0.3 is 6.09 Å². The second kappa shape index (κ2) is 17.6. The highest BCUT2D eigenvalue weighted by Gasteiger charge is 2.37. The van der Waals surface area contributed by atoms with E-state index >= 15 is 0 Å². The number of likely N-dealkylation sites (N-methyl/N-ethyl adjacent to an activating group) is 1. The predicted molar refractivity (Wildman–Crippen MR) is 176 cm³/mol. The number of nitrogens with one attached hydrogen (secondary N) is 2. The first-order chi connectivity index (χ1) is 21.7. The monoisotopic (exact) mass is 641 g/mol. The Balaban J connectivity index is 1.55. The van der Waals surface area contributed by atoms with Gasteiger partial charge in [-0.25, -0.2) is 9.78 Å². The standard InChI is InChI=1S/C34H51N5O5S/c1-24(2)14-15-30(40)28(18-25-10-6-4-7-11-25)37-32(41)29(20-27-21-35-22-36-27)38(3)33(42)31(19-26-12-8-5-9-13-26)44-34(43)39-16-17-45-23-39/h5,8-9,12-13,21-22,24-25,28-31,40H,4,6-7,10-11,14-20,23H2,1-3H3,(H,35,36)(H,37,41)/t28-,29-,30-,31-/m0/s1. The number of imidazole rings is 1. The van der Waals surface area contributed by atoms with Crippen molar-refractivity contribution in [2.24, 2.45) is 11.8 Å². The number of benzene rings is 1. The molecule has 2 heterocycles. The van der Waals surface area contributed by atoms with Crippen molar-refractivity contribution >= 4 is 29.7 Å². The van der Waals surface area contributed by atoms with Crippen molar-refractivity contribution in [2.45, 2.75) is 102 Å². The van der Waals surface area contributed by atoms with Crippen LogP contribution in [0.1, 0.15) is 76.5 Å². The van der Waals surface area contributed by atoms with Crippen molar-refractivity contribution in [1.29, 1.82) is 0 Å². The second-order valence-electron chi connectivity index (χ2n) is 13.0. The average Bonchev–Trinajstić information content (AvgIpc) is 3.77. The number of H-pyrrole nitrogens is 1. The van der Waals surface area contributed by atoms with Crippen LogP contribution in [0.4, 0.5) is 4.79 Å². The summed E-state index contributed by atoms with van der Waals surface area (Å²) in [5, 5.41) is 14.5. The smallest absolute Gasteiger partial charge is 0.411 e. The van der Waals surface area contributed by atoms with Crippen LogP contribution < -0.4 is 5.32 Å². The molecule has 1 saturated heterocycles. The van der Waals surface area contributed by atoms with Gasteiger partial charge in [-0.2, -0.15) is 0 Å². The van der Waals surface area contributed by atoms with Gasteiger partial charge < -0.3 is 25.0 Å². The van der Waals surface area contributed by atoms with Crippen molar-refractivity contribution in [3.63, 3.8) is 0 Å². The minimum absolute atomic E-state index is 0.171. The molecule has 10 nitrogen and oxygen atoms in total. The summed E-state index contributed by atoms with van der Waals surface area (Å²) in [4.78, 5) is 51.6. The molecule has 0 radical (unpaired) electrons. The van der Waals surface area contributed by atoms with Gasteiger partial charge in [0, 0.05) is 38.4 Å². The average molecular weight is 642 g/mol. The maximum atomic E-state index is 14.2. The van der Waals surface area contributed by atoms with E-state index < -0.39 is 36.3 Å². The van der Waals surface area contributed by atoms with Crippen LogP contribution in [0.5, 0.6) is 0 Å². The van der Waals surface area contributed by atoms with Crippen LogP contribution in [0.25, 0.3) is 0 Å². The summed E-state index contributed by atoms with van der Waals surface area (Å²) in [7, 11) is 1.59. The maximum absolute atomic E-state index is 14.2. The maximum Gasteiger partial charge on any atom is 0.411 e. The van der Waals surface area contributed by atoms with E-state index in [0.29, 0.717) is 42.8 Å². The summed E-state index contributed by atoms with van der Waals surface area (Å²) in [6, 6.07) is 8.09. The third kappa shape index (κ3) is 10.8. The highest BCUT2D eigenvalue weighted by molar-refractivity contribution is 7.99. The van der Waals surface area contributed by atoms with Crippen LogP contribution in [0.2, 0.25) is 0 Å². The number of aromatic amines is 1. The molecule has 0 unspecified atom stereocenters. The predicted octanol–water partition coefficient (Wildman–Crippen LogP) is 4.79. The molecule has 248 valence electrons. The minimum Gasteiger partial charge on any atom is -0.436 e. The summed E-state index contributed by atoms with van der Waals surface area (Å²) in [6.07, 6.45) is 9.21. The lowest BCUT2D eigenvalue weighted by molar-refractivity contribution is -0.146. The highest BCUT2D eigenvalue weighted by atomic mass is 32.2. The minimum atomic E-state index is -1.11. The first kappa shape index (κ1) is 34.8. The largest absolute Gasteiger partial charge is 0.436 e. The quantitative estimate of drug-likeness (QED) is 0.255. The Labute approximate surface area is 272 Å². The van der Waals surface area contributed by atoms with E-state index in [1.807, 2.05) is 30.3 Å². The molecule has 2 aliphatic rings. The van der Waals surface area contributed by atoms with E-state index in [1.54, 1.807) is 36.2 Å². The number of hydrogen-bond donors (Lipinski definition) is 3. The number of carbonyl (C=O) groups excluding carboxylic acids is 3. The van der Waals surface area contributed by atoms with Crippen molar-refractivity contribution in [3.8, 4) is 0 Å². The SMILES string of the molecule is CC(C)CC[C@H](O)[C@H](CC1CCCCC1)NC(=O)[C@H](Cc1c[nH]cn1)N(C)C(=O)[C@H](Cc1ccccc1)OC(=O)N1CCSC1. The van der Waals surface area contributed by atoms with Crippen molar-refractivity contribution in [3.05, 3.63) is 54.1 Å². The Morgan fingerprint density at radius 1 is 1.13 bits per heavy atom. The van der Waals surface area contributed by atoms with Crippen molar-refractivity contribution in [2.75, 3.05) is 25.2 Å². The molecule has 1 aromatic carbocycles. The molecule has 2 aromatic rings. The zero-order chi connectivity index (χ0) is 32.2. The molecule has 11 heteroatoms. The van der Waals surface area contributed by atoms with Crippen LogP contribution in [0.15, 0.2) is 42.9 Å². The zero-order valence-corrected chi connectivity index (χ0v) is 27.8. The zero-order valence-electron chi connectivity index (χ0n) is 27.0. The lowest BCUT2D eigenvalue weighted by atomic mass is 9.83. The summed E-state index contributed by atoms with van der Waals surface area (Å²) < 4.78 is 5.85. The Bertz CT molecular complexity index is 1180. The van der Waals surface area contributed by atoms with Gasteiger partial charge in [0.15, 0.2) is 6.10 Å². The fourth-order valence-electron chi connectivity index (χ4n) is 6.23. The molecule has 45 heavy (non-hydrogen) atoms. The van der Waals surface area contributed by atoms with Crippen molar-refractivity contribution < 1.29 is 24.2 Å². The fraction of sp³-hybridized carbons (Fsp3) is 0.647. The molecule has 0 bridgehead atoms. The molecule has 3 amide bonds. The first-order valence-electron chi connectivity index (χ1n) is 16.5. The van der Waals surface area contributed by atoms with E-state index in [2.05, 4.69) is 29.1 Å². The van der Waals surface area contributed by atoms with Gasteiger partial charge in [0.05, 0.1) is 30.0 Å². The second-order valence-corrected chi connectivity index (χ2v) is 14.1. The molecule has 1 aliphatic carbocycles. The molecule has 0 spiro atoms. The van der Waals surface area contributed by atoms with Gasteiger partial charge in [-0.1, -0.05) is 76.3 Å². The molecule has 3 N–H and O–H groups in total. The number of ether oxygens (including phenoxy) is 1. The summed E-state index contributed by atoms with van der Waals surface area (Å²) in [5.74, 6) is 1.42. The number of aliphatic hydroxyl groups excluding tert-OH is 1. The number of nitrogens with zero attached hydrogens (tertiary/aromatic N) is 3. The van der Waals surface area contributed by atoms with Crippen LogP contribution in [-0.2, 0) is 27.2 Å². The lowest BCUT2D eigenvalue weighted by Gasteiger charge is -2.34. The van der Waals surface area contributed by atoms with Crippen LogP contribution in [0, 0.1) is 11.8 Å². The number of thioether (sulfide) groups is 1. The third-order valence-electron chi connectivity index (χ3n) is 9.01. The summed E-state index contributed by atoms with van der Waals surface area (Å²) >= 11 is 1.64. The van der Waals surface area contributed by atoms with E-state index in [0.717, 1.165) is 30.6 Å². The highest BCUT2D eigenvalue weighted by Crippen LogP contribution is 2.29. The van der Waals surface area contributed by atoms with E-state index in [4.69, 9.17) is 4.74 Å². The molecular formula is C34H51N5O5S. The molecule has 2 fully saturated rings. The molecular weight excluding hydrogens is 590 g/mol. The van der Waals surface area contributed by atoms with E-state index in [-0.39, 0.29) is 18.7 Å². The Hall–Kier alpha value is -3.05. The molecule has 1 aromatic heterocycles. The molecule has 4 atom stereocenters. The van der Waals surface area contributed by atoms with E-state index in [1.165, 1.54) is 24.2 Å². The number of hydrogen-bond acceptors (Lipinski definition) is 7. The Morgan fingerprint density at radius 3 is 2.53 bits per heavy atom. The Morgan fingerprint density at radius 2 is 1.89 bits per heavy atom. The molecule has 1 saturated carbocycles. The summed E-state index contributed by atoms with van der Waals surface area (Å²) in [5.41, 5.74) is 1.48. The van der Waals surface area contributed by atoms with Gasteiger partial charge in [-0.15, -0.1) is 11.8 Å². The van der Waals surface area contributed by atoms with Crippen LogP contribution in [-0.4, -0.2) is 92.3 Å².